The summed E-state index contributed by atoms with van der Waals surface area (Å²) in [7, 11) is 0. The van der Waals surface area contributed by atoms with E-state index in [0.717, 1.165) is 36.4 Å². The van der Waals surface area contributed by atoms with Crippen molar-refractivity contribution in [1.29, 1.82) is 0 Å². The highest BCUT2D eigenvalue weighted by Crippen LogP contribution is 2.42. The van der Waals surface area contributed by atoms with Crippen molar-refractivity contribution < 1.29 is 42.2 Å². The van der Waals surface area contributed by atoms with Gasteiger partial charge in [-0.1, -0.05) is 25.4 Å². The van der Waals surface area contributed by atoms with Crippen molar-refractivity contribution in [3.63, 3.8) is 0 Å². The maximum absolute atomic E-state index is 13.1. The van der Waals surface area contributed by atoms with E-state index in [1.54, 1.807) is 13.8 Å². The standard InChI is InChI=1S/C26H22ClF3N4O9/c1-3-9-31(10-4-2)24-21(33(38)39)13-17(14-22(24)34(40)41)43-25(35)18-12-16(6-7-20(18)32(36)37)42-23-8-5-15(11-19(23)27)26(28,29)30/h5-8,11-14H,3-4,9-10H2,1-2H3. The number of hydrogen-bond acceptors (Lipinski definition) is 10. The van der Waals surface area contributed by atoms with E-state index in [1.807, 2.05) is 0 Å². The van der Waals surface area contributed by atoms with E-state index >= 15 is 0 Å². The van der Waals surface area contributed by atoms with Crippen molar-refractivity contribution in [2.75, 3.05) is 18.0 Å². The van der Waals surface area contributed by atoms with Gasteiger partial charge in [0.05, 0.1) is 37.5 Å². The van der Waals surface area contributed by atoms with Crippen LogP contribution in [0.15, 0.2) is 48.5 Å². The summed E-state index contributed by atoms with van der Waals surface area (Å²) in [5.74, 6) is -2.59. The van der Waals surface area contributed by atoms with Gasteiger partial charge in [-0.25, -0.2) is 4.79 Å². The topological polar surface area (TPSA) is 168 Å². The monoisotopic (exact) mass is 626 g/mol. The van der Waals surface area contributed by atoms with Gasteiger partial charge < -0.3 is 14.4 Å². The number of alkyl halides is 3. The molecule has 43 heavy (non-hydrogen) atoms. The van der Waals surface area contributed by atoms with Crippen LogP contribution >= 0.6 is 11.6 Å². The molecule has 17 heteroatoms. The Bertz CT molecular complexity index is 1540. The number of anilines is 1. The third-order valence-electron chi connectivity index (χ3n) is 5.82. The van der Waals surface area contributed by atoms with Crippen LogP contribution in [0.4, 0.5) is 35.9 Å². The van der Waals surface area contributed by atoms with Crippen LogP contribution in [-0.2, 0) is 6.18 Å². The molecule has 0 N–H and O–H groups in total. The van der Waals surface area contributed by atoms with Gasteiger partial charge in [-0.2, -0.15) is 13.2 Å². The fourth-order valence-corrected chi connectivity index (χ4v) is 4.28. The molecule has 0 radical (unpaired) electrons. The average molecular weight is 627 g/mol. The maximum Gasteiger partial charge on any atom is 0.416 e. The van der Waals surface area contributed by atoms with Crippen LogP contribution in [0.3, 0.4) is 0 Å². The molecule has 0 heterocycles. The molecule has 13 nitrogen and oxygen atoms in total. The van der Waals surface area contributed by atoms with Gasteiger partial charge in [0, 0.05) is 25.2 Å². The molecule has 0 aromatic heterocycles. The number of nitrogens with zero attached hydrogens (tertiary/aromatic N) is 4. The van der Waals surface area contributed by atoms with Crippen molar-refractivity contribution in [2.45, 2.75) is 32.9 Å². The number of carbonyl (C=O) groups is 1. The second-order valence-corrected chi connectivity index (χ2v) is 9.29. The van der Waals surface area contributed by atoms with Crippen LogP contribution < -0.4 is 14.4 Å². The largest absolute Gasteiger partial charge is 0.456 e. The summed E-state index contributed by atoms with van der Waals surface area (Å²) in [4.78, 5) is 47.3. The molecule has 0 atom stereocenters. The van der Waals surface area contributed by atoms with Gasteiger partial charge in [0.15, 0.2) is 5.69 Å². The molecule has 228 valence electrons. The minimum absolute atomic E-state index is 0.261. The van der Waals surface area contributed by atoms with Crippen molar-refractivity contribution in [3.8, 4) is 17.2 Å². The van der Waals surface area contributed by atoms with Crippen LogP contribution in [0.25, 0.3) is 0 Å². The van der Waals surface area contributed by atoms with Crippen LogP contribution in [0.5, 0.6) is 17.2 Å². The molecule has 0 amide bonds. The molecule has 0 bridgehead atoms. The Hall–Kier alpha value is -4.99. The smallest absolute Gasteiger partial charge is 0.416 e. The van der Waals surface area contributed by atoms with E-state index in [9.17, 15) is 48.3 Å². The van der Waals surface area contributed by atoms with Crippen molar-refractivity contribution in [2.24, 2.45) is 0 Å². The lowest BCUT2D eigenvalue weighted by molar-refractivity contribution is -0.392. The van der Waals surface area contributed by atoms with Gasteiger partial charge in [-0.05, 0) is 37.1 Å². The number of nitro groups is 3. The SMILES string of the molecule is CCCN(CCC)c1c([N+](=O)[O-])cc(OC(=O)c2cc(Oc3ccc(C(F)(F)F)cc3Cl)ccc2[N+](=O)[O-])cc1[N+](=O)[O-]. The summed E-state index contributed by atoms with van der Waals surface area (Å²) in [6, 6.07) is 6.53. The Kier molecular flexibility index (Phi) is 10.1. The van der Waals surface area contributed by atoms with E-state index in [-0.39, 0.29) is 30.3 Å². The zero-order valence-corrected chi connectivity index (χ0v) is 23.2. The predicted molar refractivity (Wildman–Crippen MR) is 147 cm³/mol. The minimum atomic E-state index is -4.68. The van der Waals surface area contributed by atoms with Crippen LogP contribution in [-0.4, -0.2) is 33.8 Å². The Morgan fingerprint density at radius 1 is 0.837 bits per heavy atom. The number of hydrogen-bond donors (Lipinski definition) is 0. The molecular formula is C26H22ClF3N4O9. The average Bonchev–Trinajstić information content (AvgIpc) is 2.92. The first-order chi connectivity index (χ1) is 20.2. The quantitative estimate of drug-likeness (QED) is 0.0839. The lowest BCUT2D eigenvalue weighted by atomic mass is 10.1. The Morgan fingerprint density at radius 3 is 1.86 bits per heavy atom. The van der Waals surface area contributed by atoms with Gasteiger partial charge in [0.1, 0.15) is 22.8 Å². The van der Waals surface area contributed by atoms with E-state index < -0.39 is 65.9 Å². The summed E-state index contributed by atoms with van der Waals surface area (Å²) in [5.41, 5.74) is -4.29. The maximum atomic E-state index is 13.1. The Morgan fingerprint density at radius 2 is 1.40 bits per heavy atom. The lowest BCUT2D eigenvalue weighted by Gasteiger charge is -2.23. The molecular weight excluding hydrogens is 605 g/mol. The number of ether oxygens (including phenoxy) is 2. The Labute approximate surface area is 245 Å². The summed E-state index contributed by atoms with van der Waals surface area (Å²) < 4.78 is 49.4. The fourth-order valence-electron chi connectivity index (χ4n) is 4.07. The van der Waals surface area contributed by atoms with E-state index in [2.05, 4.69) is 0 Å². The highest BCUT2D eigenvalue weighted by molar-refractivity contribution is 6.32. The molecule has 3 aromatic carbocycles. The van der Waals surface area contributed by atoms with E-state index in [1.165, 1.54) is 4.90 Å². The van der Waals surface area contributed by atoms with Gasteiger partial charge >= 0.3 is 23.5 Å². The summed E-state index contributed by atoms with van der Waals surface area (Å²) in [5, 5.41) is 35.0. The van der Waals surface area contributed by atoms with Crippen molar-refractivity contribution in [3.05, 3.63) is 95.0 Å². The van der Waals surface area contributed by atoms with Gasteiger partial charge in [0.25, 0.3) is 5.69 Å². The second-order valence-electron chi connectivity index (χ2n) is 8.88. The number of rotatable bonds is 12. The van der Waals surface area contributed by atoms with Gasteiger partial charge in [-0.3, -0.25) is 30.3 Å². The van der Waals surface area contributed by atoms with Crippen molar-refractivity contribution >= 4 is 40.3 Å². The number of esters is 1. The minimum Gasteiger partial charge on any atom is -0.456 e. The molecule has 3 rings (SSSR count). The van der Waals surface area contributed by atoms with Gasteiger partial charge in [0.2, 0.25) is 0 Å². The highest BCUT2D eigenvalue weighted by atomic mass is 35.5. The third kappa shape index (κ3) is 7.65. The first-order valence-corrected chi connectivity index (χ1v) is 12.8. The van der Waals surface area contributed by atoms with Crippen LogP contribution in [0.1, 0.15) is 42.6 Å². The second kappa shape index (κ2) is 13.3. The molecule has 0 aliphatic carbocycles. The Balaban J connectivity index is 2.04. The number of halogens is 4. The third-order valence-corrected chi connectivity index (χ3v) is 6.12. The molecule has 0 unspecified atom stereocenters. The lowest BCUT2D eigenvalue weighted by Crippen LogP contribution is -2.26. The number of benzene rings is 3. The first kappa shape index (κ1) is 32.5. The molecule has 0 aliphatic heterocycles. The van der Waals surface area contributed by atoms with Crippen molar-refractivity contribution in [1.82, 2.24) is 0 Å². The molecule has 0 fully saturated rings. The zero-order chi connectivity index (χ0) is 32.1. The zero-order valence-electron chi connectivity index (χ0n) is 22.4. The molecule has 3 aromatic rings. The molecule has 0 saturated carbocycles. The normalized spacial score (nSPS) is 11.1. The first-order valence-electron chi connectivity index (χ1n) is 12.4. The summed E-state index contributed by atoms with van der Waals surface area (Å²) >= 11 is 5.89. The summed E-state index contributed by atoms with van der Waals surface area (Å²) in [6.07, 6.45) is -3.64. The van der Waals surface area contributed by atoms with Crippen LogP contribution in [0.2, 0.25) is 5.02 Å². The molecule has 0 saturated heterocycles. The number of carbonyl (C=O) groups excluding carboxylic acids is 1. The number of nitro benzene ring substituents is 3. The van der Waals surface area contributed by atoms with E-state index in [0.29, 0.717) is 25.0 Å². The van der Waals surface area contributed by atoms with E-state index in [4.69, 9.17) is 21.1 Å². The predicted octanol–water partition coefficient (Wildman–Crippen LogP) is 7.72. The van der Waals surface area contributed by atoms with Gasteiger partial charge in [-0.15, -0.1) is 0 Å². The molecule has 0 spiro atoms. The van der Waals surface area contributed by atoms with Crippen LogP contribution in [0, 0.1) is 30.3 Å². The molecule has 0 aliphatic rings. The summed E-state index contributed by atoms with van der Waals surface area (Å²) in [6.45, 7) is 4.09. The highest BCUT2D eigenvalue weighted by Gasteiger charge is 2.33. The fraction of sp³-hybridized carbons (Fsp3) is 0.269.